The van der Waals surface area contributed by atoms with Crippen LogP contribution in [0.15, 0.2) is 76.1 Å². The summed E-state index contributed by atoms with van der Waals surface area (Å²) in [6, 6.07) is 19.4. The highest BCUT2D eigenvalue weighted by Crippen LogP contribution is 2.31. The van der Waals surface area contributed by atoms with Crippen molar-refractivity contribution in [3.05, 3.63) is 95.1 Å². The Morgan fingerprint density at radius 2 is 1.63 bits per heavy atom. The lowest BCUT2D eigenvalue weighted by atomic mass is 9.96. The number of hydrogen-bond acceptors (Lipinski definition) is 8. The molecule has 0 amide bonds. The van der Waals surface area contributed by atoms with Gasteiger partial charge in [0.1, 0.15) is 17.2 Å². The first-order valence-electron chi connectivity index (χ1n) is 12.2. The number of aromatic nitrogens is 2. The van der Waals surface area contributed by atoms with Crippen molar-refractivity contribution >= 4 is 23.2 Å². The number of morpholine rings is 1. The molecule has 4 aromatic rings. The van der Waals surface area contributed by atoms with Gasteiger partial charge in [0, 0.05) is 36.3 Å². The van der Waals surface area contributed by atoms with Gasteiger partial charge in [0.25, 0.3) is 5.89 Å². The van der Waals surface area contributed by atoms with Crippen LogP contribution in [0.2, 0.25) is 0 Å². The second-order valence-electron chi connectivity index (χ2n) is 8.99. The molecular formula is C28H23F2N5O3. The van der Waals surface area contributed by atoms with Crippen LogP contribution in [0.25, 0.3) is 11.5 Å². The maximum atomic E-state index is 15.0. The highest BCUT2D eigenvalue weighted by Gasteiger charge is 2.28. The Kier molecular flexibility index (Phi) is 6.38. The van der Waals surface area contributed by atoms with Crippen LogP contribution in [0.5, 0.6) is 0 Å². The number of anilines is 2. The molecule has 1 N–H and O–H groups in total. The number of fused-ring (bicyclic) bond motifs is 1. The minimum Gasteiger partial charge on any atom is -0.403 e. The standard InChI is InChI=1S/C28H23F2N5O3/c29-21-15-19(35-10-12-37-13-11-35)16-22(30)24(21)27-33-34-28(38-27)32-26-23(36)14-18-8-4-5-9-20(18)25(31-26)17-6-2-1-3-7-17/h1-9,15-16,26H,10-14H2,(H,32,34)/t26-/m1/s1. The Morgan fingerprint density at radius 1 is 0.921 bits per heavy atom. The lowest BCUT2D eigenvalue weighted by molar-refractivity contribution is -0.119. The molecular weight excluding hydrogens is 492 g/mol. The van der Waals surface area contributed by atoms with Crippen molar-refractivity contribution in [3.8, 4) is 11.5 Å². The van der Waals surface area contributed by atoms with Crippen molar-refractivity contribution < 1.29 is 22.7 Å². The van der Waals surface area contributed by atoms with Gasteiger partial charge in [0.2, 0.25) is 0 Å². The zero-order valence-corrected chi connectivity index (χ0v) is 20.2. The maximum absolute atomic E-state index is 15.0. The number of nitrogens with zero attached hydrogens (tertiary/aromatic N) is 4. The first kappa shape index (κ1) is 23.9. The second-order valence-corrected chi connectivity index (χ2v) is 8.99. The summed E-state index contributed by atoms with van der Waals surface area (Å²) in [5.41, 5.74) is 3.16. The van der Waals surface area contributed by atoms with Gasteiger partial charge in [0.15, 0.2) is 11.9 Å². The summed E-state index contributed by atoms with van der Waals surface area (Å²) < 4.78 is 40.9. The van der Waals surface area contributed by atoms with E-state index in [9.17, 15) is 4.79 Å². The van der Waals surface area contributed by atoms with Gasteiger partial charge in [-0.1, -0.05) is 59.7 Å². The van der Waals surface area contributed by atoms with Gasteiger partial charge in [-0.25, -0.2) is 8.78 Å². The van der Waals surface area contributed by atoms with Gasteiger partial charge < -0.3 is 19.4 Å². The number of benzene rings is 3. The molecule has 3 aromatic carbocycles. The van der Waals surface area contributed by atoms with Crippen LogP contribution < -0.4 is 10.2 Å². The van der Waals surface area contributed by atoms with E-state index in [-0.39, 0.29) is 24.1 Å². The lowest BCUT2D eigenvalue weighted by Gasteiger charge is -2.29. The van der Waals surface area contributed by atoms with Gasteiger partial charge in [0.05, 0.1) is 18.9 Å². The highest BCUT2D eigenvalue weighted by molar-refractivity contribution is 6.16. The number of aliphatic imine (C=N–C) groups is 1. The minimum absolute atomic E-state index is 0.140. The molecule has 0 spiro atoms. The van der Waals surface area contributed by atoms with Gasteiger partial charge in [-0.3, -0.25) is 9.79 Å². The van der Waals surface area contributed by atoms with Crippen LogP contribution in [-0.4, -0.2) is 54.2 Å². The van der Waals surface area contributed by atoms with Crippen LogP contribution in [-0.2, 0) is 16.0 Å². The molecule has 10 heteroatoms. The molecule has 3 heterocycles. The fourth-order valence-corrected chi connectivity index (χ4v) is 4.67. The molecule has 0 radical (unpaired) electrons. The Bertz CT molecular complexity index is 1490. The predicted molar refractivity (Wildman–Crippen MR) is 137 cm³/mol. The monoisotopic (exact) mass is 515 g/mol. The summed E-state index contributed by atoms with van der Waals surface area (Å²) >= 11 is 0. The minimum atomic E-state index is -1.04. The molecule has 192 valence electrons. The number of carbonyl (C=O) groups excluding carboxylic acids is 1. The number of carbonyl (C=O) groups is 1. The molecule has 6 rings (SSSR count). The summed E-state index contributed by atoms with van der Waals surface area (Å²) in [4.78, 5) is 19.7. The normalized spacial score (nSPS) is 17.5. The largest absolute Gasteiger partial charge is 0.403 e. The van der Waals surface area contributed by atoms with E-state index in [1.165, 1.54) is 12.1 Å². The zero-order chi connectivity index (χ0) is 26.1. The Hall–Kier alpha value is -4.44. The molecule has 0 aliphatic carbocycles. The van der Waals surface area contributed by atoms with Crippen LogP contribution in [0.4, 0.5) is 20.5 Å². The van der Waals surface area contributed by atoms with Crippen molar-refractivity contribution in [2.75, 3.05) is 36.5 Å². The topological polar surface area (TPSA) is 92.9 Å². The third-order valence-electron chi connectivity index (χ3n) is 6.55. The summed E-state index contributed by atoms with van der Waals surface area (Å²) in [5.74, 6) is -2.21. The third-order valence-corrected chi connectivity index (χ3v) is 6.55. The molecule has 1 aromatic heterocycles. The van der Waals surface area contributed by atoms with E-state index in [1.807, 2.05) is 59.5 Å². The van der Waals surface area contributed by atoms with Crippen molar-refractivity contribution in [3.63, 3.8) is 0 Å². The van der Waals surface area contributed by atoms with Gasteiger partial charge in [-0.15, -0.1) is 5.10 Å². The number of hydrogen-bond donors (Lipinski definition) is 1. The van der Waals surface area contributed by atoms with E-state index < -0.39 is 23.4 Å². The van der Waals surface area contributed by atoms with E-state index >= 15 is 8.78 Å². The molecule has 1 saturated heterocycles. The number of ether oxygens (including phenoxy) is 1. The summed E-state index contributed by atoms with van der Waals surface area (Å²) in [5, 5.41) is 10.6. The predicted octanol–water partition coefficient (Wildman–Crippen LogP) is 4.25. The number of ketones is 1. The zero-order valence-electron chi connectivity index (χ0n) is 20.2. The summed E-state index contributed by atoms with van der Waals surface area (Å²) in [6.45, 7) is 2.06. The molecule has 1 atom stereocenters. The average Bonchev–Trinajstić information content (AvgIpc) is 3.34. The average molecular weight is 516 g/mol. The molecule has 2 aliphatic rings. The number of rotatable bonds is 5. The molecule has 38 heavy (non-hydrogen) atoms. The summed E-state index contributed by atoms with van der Waals surface area (Å²) in [7, 11) is 0. The lowest BCUT2D eigenvalue weighted by Crippen LogP contribution is -2.36. The van der Waals surface area contributed by atoms with Gasteiger partial charge in [-0.05, 0) is 17.7 Å². The number of halogens is 2. The van der Waals surface area contributed by atoms with Crippen molar-refractivity contribution in [2.24, 2.45) is 4.99 Å². The highest BCUT2D eigenvalue weighted by atomic mass is 19.1. The van der Waals surface area contributed by atoms with Crippen molar-refractivity contribution in [1.82, 2.24) is 10.2 Å². The van der Waals surface area contributed by atoms with Crippen LogP contribution >= 0.6 is 0 Å². The molecule has 2 aliphatic heterocycles. The molecule has 1 fully saturated rings. The van der Waals surface area contributed by atoms with Crippen LogP contribution in [0.1, 0.15) is 16.7 Å². The fourth-order valence-electron chi connectivity index (χ4n) is 4.67. The SMILES string of the molecule is O=C1Cc2ccccc2C(c2ccccc2)=N[C@@H]1Nc1nnc(-c2c(F)cc(N3CCOCC3)cc2F)o1. The summed E-state index contributed by atoms with van der Waals surface area (Å²) in [6.07, 6.45) is -0.898. The Labute approximate surface area is 217 Å². The van der Waals surface area contributed by atoms with Gasteiger partial charge in [-0.2, -0.15) is 0 Å². The van der Waals surface area contributed by atoms with Gasteiger partial charge >= 0.3 is 6.01 Å². The van der Waals surface area contributed by atoms with Crippen LogP contribution in [0.3, 0.4) is 0 Å². The van der Waals surface area contributed by atoms with Crippen molar-refractivity contribution in [2.45, 2.75) is 12.6 Å². The fraction of sp³-hybridized carbons (Fsp3) is 0.214. The first-order chi connectivity index (χ1) is 18.6. The number of Topliss-reactive ketones (excluding diaryl/α,β-unsaturated/α-hetero) is 1. The maximum Gasteiger partial charge on any atom is 0.317 e. The van der Waals surface area contributed by atoms with E-state index in [4.69, 9.17) is 14.1 Å². The molecule has 8 nitrogen and oxygen atoms in total. The quantitative estimate of drug-likeness (QED) is 0.425. The molecule has 0 bridgehead atoms. The van der Waals surface area contributed by atoms with E-state index in [0.717, 1.165) is 16.7 Å². The number of nitrogens with one attached hydrogen (secondary N) is 1. The van der Waals surface area contributed by atoms with Crippen LogP contribution in [0, 0.1) is 11.6 Å². The Balaban J connectivity index is 1.30. The first-order valence-corrected chi connectivity index (χ1v) is 12.2. The smallest absolute Gasteiger partial charge is 0.317 e. The van der Waals surface area contributed by atoms with Crippen molar-refractivity contribution in [1.29, 1.82) is 0 Å². The molecule has 0 unspecified atom stereocenters. The van der Waals surface area contributed by atoms with E-state index in [2.05, 4.69) is 15.5 Å². The van der Waals surface area contributed by atoms with E-state index in [1.54, 1.807) is 0 Å². The molecule has 0 saturated carbocycles. The third kappa shape index (κ3) is 4.66. The second kappa shape index (κ2) is 10.1. The van der Waals surface area contributed by atoms with E-state index in [0.29, 0.717) is 37.7 Å². The Morgan fingerprint density at radius 3 is 2.39 bits per heavy atom.